The van der Waals surface area contributed by atoms with Crippen molar-refractivity contribution in [2.24, 2.45) is 5.92 Å². The number of carbonyl (C=O) groups excluding carboxylic acids is 1. The van der Waals surface area contributed by atoms with Crippen molar-refractivity contribution >= 4 is 5.91 Å². The van der Waals surface area contributed by atoms with E-state index in [4.69, 9.17) is 0 Å². The van der Waals surface area contributed by atoms with Crippen molar-refractivity contribution in [2.45, 2.75) is 58.4 Å². The van der Waals surface area contributed by atoms with Crippen molar-refractivity contribution in [1.29, 1.82) is 0 Å². The van der Waals surface area contributed by atoms with Crippen LogP contribution in [0.4, 0.5) is 0 Å². The number of nitrogens with zero attached hydrogens (tertiary/aromatic N) is 1. The molecule has 1 fully saturated rings. The van der Waals surface area contributed by atoms with Crippen molar-refractivity contribution < 1.29 is 9.90 Å². The maximum atomic E-state index is 11.9. The summed E-state index contributed by atoms with van der Waals surface area (Å²) in [6.45, 7) is 6.83. The molecule has 19 heavy (non-hydrogen) atoms. The van der Waals surface area contributed by atoms with Gasteiger partial charge in [-0.25, -0.2) is 0 Å². The highest BCUT2D eigenvalue weighted by Gasteiger charge is 2.21. The number of aliphatic hydroxyl groups excluding tert-OH is 1. The Bertz CT molecular complexity index is 259. The molecule has 1 saturated heterocycles. The van der Waals surface area contributed by atoms with Gasteiger partial charge in [-0.2, -0.15) is 0 Å². The number of nitrogens with one attached hydrogen (secondary N) is 1. The van der Waals surface area contributed by atoms with E-state index in [1.54, 1.807) is 0 Å². The molecule has 0 aromatic heterocycles. The van der Waals surface area contributed by atoms with Crippen LogP contribution in [-0.4, -0.2) is 48.2 Å². The molecule has 0 aromatic rings. The van der Waals surface area contributed by atoms with Gasteiger partial charge in [0.25, 0.3) is 0 Å². The van der Waals surface area contributed by atoms with Crippen LogP contribution in [0.3, 0.4) is 0 Å². The molecular weight excluding hydrogens is 240 g/mol. The summed E-state index contributed by atoms with van der Waals surface area (Å²) in [7, 11) is 0. The van der Waals surface area contributed by atoms with Crippen molar-refractivity contribution in [1.82, 2.24) is 10.2 Å². The van der Waals surface area contributed by atoms with Crippen LogP contribution in [-0.2, 0) is 4.79 Å². The number of likely N-dealkylation sites (tertiary alicyclic amines) is 1. The number of hydrogen-bond acceptors (Lipinski definition) is 3. The highest BCUT2D eigenvalue weighted by Crippen LogP contribution is 2.15. The fraction of sp³-hybridized carbons (Fsp3) is 0.933. The third-order valence-electron chi connectivity index (χ3n) is 3.88. The van der Waals surface area contributed by atoms with Gasteiger partial charge in [0.05, 0.1) is 6.54 Å². The summed E-state index contributed by atoms with van der Waals surface area (Å²) in [6.07, 6.45) is 6.89. The van der Waals surface area contributed by atoms with Crippen molar-refractivity contribution in [3.8, 4) is 0 Å². The zero-order chi connectivity index (χ0) is 14.1. The Hall–Kier alpha value is -0.610. The number of unbranched alkanes of at least 4 members (excludes halogenated alkanes) is 2. The summed E-state index contributed by atoms with van der Waals surface area (Å²) < 4.78 is 0. The summed E-state index contributed by atoms with van der Waals surface area (Å²) in [5.41, 5.74) is 0. The van der Waals surface area contributed by atoms with Gasteiger partial charge < -0.3 is 10.4 Å². The lowest BCUT2D eigenvalue weighted by Gasteiger charge is -2.31. The molecule has 2 N–H and O–H groups in total. The van der Waals surface area contributed by atoms with Gasteiger partial charge in [-0.1, -0.05) is 26.2 Å². The van der Waals surface area contributed by atoms with Gasteiger partial charge >= 0.3 is 0 Å². The lowest BCUT2D eigenvalue weighted by molar-refractivity contribution is -0.123. The number of piperidine rings is 1. The summed E-state index contributed by atoms with van der Waals surface area (Å²) in [5, 5.41) is 12.3. The van der Waals surface area contributed by atoms with Crippen LogP contribution in [0, 0.1) is 5.92 Å². The van der Waals surface area contributed by atoms with Crippen LogP contribution < -0.4 is 5.32 Å². The van der Waals surface area contributed by atoms with E-state index in [1.165, 1.54) is 19.3 Å². The normalized spacial score (nSPS) is 22.2. The Morgan fingerprint density at radius 2 is 2.26 bits per heavy atom. The van der Waals surface area contributed by atoms with Gasteiger partial charge in [-0.05, 0) is 38.6 Å². The second-order valence-electron chi connectivity index (χ2n) is 5.89. The fourth-order valence-corrected chi connectivity index (χ4v) is 2.74. The largest absolute Gasteiger partial charge is 0.396 e. The number of rotatable bonds is 8. The smallest absolute Gasteiger partial charge is 0.234 e. The zero-order valence-corrected chi connectivity index (χ0v) is 12.5. The van der Waals surface area contributed by atoms with E-state index < -0.39 is 0 Å². The van der Waals surface area contributed by atoms with Crippen LogP contribution in [0.15, 0.2) is 0 Å². The highest BCUT2D eigenvalue weighted by atomic mass is 16.3. The van der Waals surface area contributed by atoms with Crippen molar-refractivity contribution in [3.05, 3.63) is 0 Å². The minimum atomic E-state index is 0.127. The predicted octanol–water partition coefficient (Wildman–Crippen LogP) is 1.78. The number of amides is 1. The van der Waals surface area contributed by atoms with E-state index in [-0.39, 0.29) is 18.6 Å². The Morgan fingerprint density at radius 1 is 1.47 bits per heavy atom. The molecule has 1 aliphatic rings. The number of aliphatic hydroxyl groups is 1. The molecule has 2 atom stereocenters. The molecule has 1 aliphatic heterocycles. The van der Waals surface area contributed by atoms with Gasteiger partial charge in [-0.3, -0.25) is 9.69 Å². The first-order valence-corrected chi connectivity index (χ1v) is 7.78. The zero-order valence-electron chi connectivity index (χ0n) is 12.5. The average molecular weight is 270 g/mol. The lowest BCUT2D eigenvalue weighted by atomic mass is 9.99. The maximum Gasteiger partial charge on any atom is 0.234 e. The minimum Gasteiger partial charge on any atom is -0.396 e. The standard InChI is InChI=1S/C15H30N2O2/c1-3-4-5-7-13(2)16-15(19)11-17-9-6-8-14(10-17)12-18/h13-14,18H,3-12H2,1-2H3,(H,16,19). The van der Waals surface area contributed by atoms with Crippen LogP contribution in [0.1, 0.15) is 52.4 Å². The topological polar surface area (TPSA) is 52.6 Å². The van der Waals surface area contributed by atoms with Gasteiger partial charge in [-0.15, -0.1) is 0 Å². The second kappa shape index (κ2) is 9.32. The monoisotopic (exact) mass is 270 g/mol. The predicted molar refractivity (Wildman–Crippen MR) is 78.0 cm³/mol. The second-order valence-corrected chi connectivity index (χ2v) is 5.89. The molecule has 1 rings (SSSR count). The van der Waals surface area contributed by atoms with E-state index in [2.05, 4.69) is 24.1 Å². The van der Waals surface area contributed by atoms with Crippen LogP contribution in [0.25, 0.3) is 0 Å². The van der Waals surface area contributed by atoms with E-state index >= 15 is 0 Å². The third-order valence-corrected chi connectivity index (χ3v) is 3.88. The van der Waals surface area contributed by atoms with Gasteiger partial charge in [0.1, 0.15) is 0 Å². The van der Waals surface area contributed by atoms with Crippen molar-refractivity contribution in [3.63, 3.8) is 0 Å². The molecule has 0 saturated carbocycles. The summed E-state index contributed by atoms with van der Waals surface area (Å²) in [5.74, 6) is 0.478. The Balaban J connectivity index is 2.19. The molecule has 0 aliphatic carbocycles. The first-order valence-electron chi connectivity index (χ1n) is 7.78. The molecule has 0 radical (unpaired) electrons. The molecule has 0 aromatic carbocycles. The quantitative estimate of drug-likeness (QED) is 0.661. The molecule has 112 valence electrons. The molecule has 4 nitrogen and oxygen atoms in total. The van der Waals surface area contributed by atoms with Crippen LogP contribution in [0.5, 0.6) is 0 Å². The Kier molecular flexibility index (Phi) is 8.07. The first kappa shape index (κ1) is 16.4. The Morgan fingerprint density at radius 3 is 2.95 bits per heavy atom. The van der Waals surface area contributed by atoms with Crippen LogP contribution in [0.2, 0.25) is 0 Å². The Labute approximate surface area is 117 Å². The molecular formula is C15H30N2O2. The minimum absolute atomic E-state index is 0.127. The van der Waals surface area contributed by atoms with Crippen molar-refractivity contribution in [2.75, 3.05) is 26.2 Å². The lowest BCUT2D eigenvalue weighted by Crippen LogP contribution is -2.45. The van der Waals surface area contributed by atoms with Gasteiger partial charge in [0.2, 0.25) is 5.91 Å². The summed E-state index contributed by atoms with van der Waals surface area (Å²) in [4.78, 5) is 14.1. The van der Waals surface area contributed by atoms with Gasteiger partial charge in [0, 0.05) is 19.2 Å². The summed E-state index contributed by atoms with van der Waals surface area (Å²) >= 11 is 0. The molecule has 1 heterocycles. The highest BCUT2D eigenvalue weighted by molar-refractivity contribution is 5.78. The molecule has 0 bridgehead atoms. The maximum absolute atomic E-state index is 11.9. The van der Waals surface area contributed by atoms with E-state index in [9.17, 15) is 9.90 Å². The number of hydrogen-bond donors (Lipinski definition) is 2. The first-order chi connectivity index (χ1) is 9.15. The van der Waals surface area contributed by atoms with E-state index in [1.807, 2.05) is 0 Å². The third kappa shape index (κ3) is 6.92. The van der Waals surface area contributed by atoms with Crippen LogP contribution >= 0.6 is 0 Å². The number of carbonyl (C=O) groups is 1. The summed E-state index contributed by atoms with van der Waals surface area (Å²) in [6, 6.07) is 0.275. The van der Waals surface area contributed by atoms with E-state index in [0.29, 0.717) is 12.5 Å². The fourth-order valence-electron chi connectivity index (χ4n) is 2.74. The van der Waals surface area contributed by atoms with E-state index in [0.717, 1.165) is 32.4 Å². The SMILES string of the molecule is CCCCCC(C)NC(=O)CN1CCCC(CO)C1. The van der Waals surface area contributed by atoms with Gasteiger partial charge in [0.15, 0.2) is 0 Å². The average Bonchev–Trinajstić information content (AvgIpc) is 2.39. The molecule has 4 heteroatoms. The molecule has 1 amide bonds. The molecule has 2 unspecified atom stereocenters. The molecule has 0 spiro atoms.